The Morgan fingerprint density at radius 3 is 2.83 bits per heavy atom. The van der Waals surface area contributed by atoms with Crippen LogP contribution in [0.1, 0.15) is 28.4 Å². The number of carbonyl (C=O) groups excluding carboxylic acids is 1. The number of aromatic nitrogens is 3. The summed E-state index contributed by atoms with van der Waals surface area (Å²) in [5, 5.41) is 6.66. The molecule has 0 saturated carbocycles. The number of benzene rings is 1. The molecule has 0 saturated heterocycles. The Bertz CT molecular complexity index is 1420. The van der Waals surface area contributed by atoms with Crippen LogP contribution in [0.3, 0.4) is 0 Å². The highest BCUT2D eigenvalue weighted by Crippen LogP contribution is 2.44. The van der Waals surface area contributed by atoms with E-state index in [1.807, 2.05) is 12.1 Å². The molecule has 1 aliphatic heterocycles. The van der Waals surface area contributed by atoms with Gasteiger partial charge in [0.05, 0.1) is 54.1 Å². The molecule has 10 heteroatoms. The van der Waals surface area contributed by atoms with E-state index >= 15 is 0 Å². The van der Waals surface area contributed by atoms with Gasteiger partial charge in [0.15, 0.2) is 5.75 Å². The molecule has 0 unspecified atom stereocenters. The Balaban J connectivity index is 1.78. The van der Waals surface area contributed by atoms with Crippen LogP contribution in [0.2, 0.25) is 5.02 Å². The van der Waals surface area contributed by atoms with Gasteiger partial charge >= 0.3 is 0 Å². The maximum Gasteiger partial charge on any atom is 0.255 e. The number of amides is 1. The zero-order chi connectivity index (χ0) is 24.5. The number of H-pyrrole nitrogens is 1. The van der Waals surface area contributed by atoms with Crippen LogP contribution in [0.25, 0.3) is 22.3 Å². The number of alkyl halides is 1. The highest BCUT2D eigenvalue weighted by atomic mass is 35.5. The summed E-state index contributed by atoms with van der Waals surface area (Å²) < 4.78 is 24.2. The first-order valence-corrected chi connectivity index (χ1v) is 11.4. The highest BCUT2D eigenvalue weighted by molar-refractivity contribution is 6.32. The maximum absolute atomic E-state index is 13.4. The standard InChI is InChI=1S/C25H23ClFN5O3/c1-34-18-7-6-16-21(31-18)14(9-11-28-16)22-23(30-17-5-3-4-15(26)24(17)35-2)19-20(32-22)13(8-10-27)12-29-25(19)33/h3-7,9,11,13,30,32H,8,10,12H2,1-2H3,(H,29,33)/t13-/m1/s1. The van der Waals surface area contributed by atoms with E-state index in [1.54, 1.807) is 37.6 Å². The molecule has 1 amide bonds. The second kappa shape index (κ2) is 9.42. The summed E-state index contributed by atoms with van der Waals surface area (Å²) in [5.74, 6) is 0.400. The molecule has 1 atom stereocenters. The molecular formula is C25H23ClFN5O3. The van der Waals surface area contributed by atoms with Crippen LogP contribution >= 0.6 is 11.6 Å². The fourth-order valence-corrected chi connectivity index (χ4v) is 4.70. The molecule has 0 fully saturated rings. The number of nitrogens with one attached hydrogen (secondary N) is 3. The Hall–Kier alpha value is -3.85. The summed E-state index contributed by atoms with van der Waals surface area (Å²) in [6, 6.07) is 10.7. The Kier molecular flexibility index (Phi) is 6.17. The predicted octanol–water partition coefficient (Wildman–Crippen LogP) is 5.23. The van der Waals surface area contributed by atoms with Crippen molar-refractivity contribution >= 4 is 39.9 Å². The van der Waals surface area contributed by atoms with E-state index in [4.69, 9.17) is 21.1 Å². The predicted molar refractivity (Wildman–Crippen MR) is 133 cm³/mol. The third kappa shape index (κ3) is 4.01. The Labute approximate surface area is 205 Å². The van der Waals surface area contributed by atoms with Crippen molar-refractivity contribution in [2.24, 2.45) is 0 Å². The number of ether oxygens (including phenoxy) is 2. The van der Waals surface area contributed by atoms with Crippen LogP contribution in [0, 0.1) is 0 Å². The van der Waals surface area contributed by atoms with Crippen molar-refractivity contribution in [3.63, 3.8) is 0 Å². The quantitative estimate of drug-likeness (QED) is 0.325. The van der Waals surface area contributed by atoms with Gasteiger partial charge in [-0.3, -0.25) is 14.2 Å². The number of rotatable bonds is 7. The lowest BCUT2D eigenvalue weighted by Gasteiger charge is -2.23. The van der Waals surface area contributed by atoms with Gasteiger partial charge in [-0.15, -0.1) is 0 Å². The molecule has 180 valence electrons. The van der Waals surface area contributed by atoms with Gasteiger partial charge in [0.2, 0.25) is 5.88 Å². The first-order valence-electron chi connectivity index (χ1n) is 11.0. The minimum Gasteiger partial charge on any atom is -0.493 e. The summed E-state index contributed by atoms with van der Waals surface area (Å²) in [6.45, 7) is -0.158. The molecule has 0 bridgehead atoms. The summed E-state index contributed by atoms with van der Waals surface area (Å²) in [6.07, 6.45) is 1.95. The smallest absolute Gasteiger partial charge is 0.255 e. The third-order valence-electron chi connectivity index (χ3n) is 6.10. The average Bonchev–Trinajstić information content (AvgIpc) is 3.25. The average molecular weight is 496 g/mol. The van der Waals surface area contributed by atoms with E-state index < -0.39 is 6.67 Å². The monoisotopic (exact) mass is 495 g/mol. The van der Waals surface area contributed by atoms with Gasteiger partial charge in [0.1, 0.15) is 5.52 Å². The van der Waals surface area contributed by atoms with Crippen LogP contribution in [0.15, 0.2) is 42.6 Å². The SMILES string of the molecule is COc1ccc2nccc(-c3[nH]c4c(c3Nc3cccc(Cl)c3OC)C(=O)NC[C@H]4CCF)c2n1. The second-order valence-corrected chi connectivity index (χ2v) is 8.48. The first-order chi connectivity index (χ1) is 17.0. The summed E-state index contributed by atoms with van der Waals surface area (Å²) >= 11 is 6.35. The Morgan fingerprint density at radius 2 is 2.06 bits per heavy atom. The Morgan fingerprint density at radius 1 is 1.20 bits per heavy atom. The van der Waals surface area contributed by atoms with Crippen molar-refractivity contribution in [3.05, 3.63) is 58.9 Å². The molecule has 4 heterocycles. The number of carbonyl (C=O) groups is 1. The van der Waals surface area contributed by atoms with Gasteiger partial charge < -0.3 is 25.1 Å². The number of halogens is 2. The van der Waals surface area contributed by atoms with Crippen LogP contribution in [0.5, 0.6) is 11.6 Å². The van der Waals surface area contributed by atoms with E-state index in [0.717, 1.165) is 0 Å². The van der Waals surface area contributed by atoms with Gasteiger partial charge in [-0.2, -0.15) is 0 Å². The number of hydrogen-bond acceptors (Lipinski definition) is 6. The fraction of sp³-hybridized carbons (Fsp3) is 0.240. The molecule has 0 spiro atoms. The summed E-state index contributed by atoms with van der Waals surface area (Å²) in [7, 11) is 3.07. The number of methoxy groups -OCH3 is 2. The first kappa shape index (κ1) is 22.9. The van der Waals surface area contributed by atoms with Crippen molar-refractivity contribution in [3.8, 4) is 22.9 Å². The van der Waals surface area contributed by atoms with Crippen LogP contribution in [0.4, 0.5) is 15.8 Å². The normalized spacial score (nSPS) is 15.0. The highest BCUT2D eigenvalue weighted by Gasteiger charge is 2.33. The van der Waals surface area contributed by atoms with E-state index in [0.29, 0.717) is 68.1 Å². The fourth-order valence-electron chi connectivity index (χ4n) is 4.44. The molecule has 0 aliphatic carbocycles. The van der Waals surface area contributed by atoms with Gasteiger partial charge in [-0.05, 0) is 30.7 Å². The largest absolute Gasteiger partial charge is 0.493 e. The molecule has 8 nitrogen and oxygen atoms in total. The van der Waals surface area contributed by atoms with E-state index in [1.165, 1.54) is 7.11 Å². The number of para-hydroxylation sites is 1. The van der Waals surface area contributed by atoms with Crippen molar-refractivity contribution < 1.29 is 18.7 Å². The molecule has 0 radical (unpaired) electrons. The minimum atomic E-state index is -0.504. The topological polar surface area (TPSA) is 101 Å². The lowest BCUT2D eigenvalue weighted by atomic mass is 9.94. The van der Waals surface area contributed by atoms with E-state index in [-0.39, 0.29) is 18.2 Å². The van der Waals surface area contributed by atoms with E-state index in [9.17, 15) is 9.18 Å². The van der Waals surface area contributed by atoms with E-state index in [2.05, 4.69) is 25.6 Å². The number of aromatic amines is 1. The molecule has 1 aliphatic rings. The number of hydrogen-bond donors (Lipinski definition) is 3. The molecule has 4 aromatic rings. The summed E-state index contributed by atoms with van der Waals surface area (Å²) in [5.41, 5.74) is 4.74. The van der Waals surface area contributed by atoms with Gasteiger partial charge in [-0.1, -0.05) is 17.7 Å². The molecule has 3 N–H and O–H groups in total. The molecule has 3 aromatic heterocycles. The number of fused-ring (bicyclic) bond motifs is 2. The number of anilines is 2. The van der Waals surface area contributed by atoms with Gasteiger partial charge in [0, 0.05) is 36.0 Å². The van der Waals surface area contributed by atoms with Gasteiger partial charge in [0.25, 0.3) is 5.91 Å². The zero-order valence-corrected chi connectivity index (χ0v) is 19.9. The number of nitrogens with zero attached hydrogens (tertiary/aromatic N) is 2. The van der Waals surface area contributed by atoms with Crippen LogP contribution < -0.4 is 20.1 Å². The second-order valence-electron chi connectivity index (χ2n) is 8.07. The third-order valence-corrected chi connectivity index (χ3v) is 6.40. The molecule has 5 rings (SSSR count). The maximum atomic E-state index is 13.4. The molecular weight excluding hydrogens is 473 g/mol. The molecule has 1 aromatic carbocycles. The lowest BCUT2D eigenvalue weighted by Crippen LogP contribution is -2.35. The van der Waals surface area contributed by atoms with Crippen molar-refractivity contribution in [2.75, 3.05) is 32.8 Å². The van der Waals surface area contributed by atoms with Crippen LogP contribution in [-0.4, -0.2) is 48.3 Å². The lowest BCUT2D eigenvalue weighted by molar-refractivity contribution is 0.0939. The van der Waals surface area contributed by atoms with Crippen molar-refractivity contribution in [1.82, 2.24) is 20.3 Å². The zero-order valence-electron chi connectivity index (χ0n) is 19.1. The number of pyridine rings is 2. The van der Waals surface area contributed by atoms with Crippen molar-refractivity contribution in [1.29, 1.82) is 0 Å². The van der Waals surface area contributed by atoms with Gasteiger partial charge in [-0.25, -0.2) is 4.98 Å². The minimum absolute atomic E-state index is 0.209. The summed E-state index contributed by atoms with van der Waals surface area (Å²) in [4.78, 5) is 25.5. The van der Waals surface area contributed by atoms with Crippen LogP contribution in [-0.2, 0) is 0 Å². The molecule has 35 heavy (non-hydrogen) atoms. The van der Waals surface area contributed by atoms with Crippen molar-refractivity contribution in [2.45, 2.75) is 12.3 Å².